The minimum Gasteiger partial charge on any atom is -0.326 e. The Morgan fingerprint density at radius 3 is 2.76 bits per heavy atom. The van der Waals surface area contributed by atoms with E-state index >= 15 is 0 Å². The quantitative estimate of drug-likeness (QED) is 0.706. The van der Waals surface area contributed by atoms with Gasteiger partial charge in [-0.3, -0.25) is 14.9 Å². The standard InChI is InChI=1S/C17H14FN3O2S2/c1-10-2-3-12(6-14(10)18)19-15(22)7-13-9-25-17(20-13)21-16(23)11-4-5-24-8-11/h2-6,8-9H,7H2,1H3,(H,19,22)(H,20,21,23). The number of carbonyl (C=O) groups excluding carboxylic acids is 2. The molecule has 0 radical (unpaired) electrons. The summed E-state index contributed by atoms with van der Waals surface area (Å²) in [4.78, 5) is 28.2. The Kier molecular flexibility index (Phi) is 5.20. The second-order valence-electron chi connectivity index (χ2n) is 5.30. The van der Waals surface area contributed by atoms with Crippen LogP contribution >= 0.6 is 22.7 Å². The molecule has 0 unspecified atom stereocenters. The molecule has 0 aliphatic rings. The van der Waals surface area contributed by atoms with Crippen LogP contribution in [0.1, 0.15) is 21.6 Å². The lowest BCUT2D eigenvalue weighted by Crippen LogP contribution is -2.15. The average Bonchev–Trinajstić information content (AvgIpc) is 3.23. The van der Waals surface area contributed by atoms with Gasteiger partial charge in [-0.15, -0.1) is 11.3 Å². The number of anilines is 2. The third kappa shape index (κ3) is 4.49. The van der Waals surface area contributed by atoms with Gasteiger partial charge in [0.1, 0.15) is 5.82 Å². The molecule has 128 valence electrons. The molecule has 0 spiro atoms. The van der Waals surface area contributed by atoms with E-state index in [-0.39, 0.29) is 24.1 Å². The predicted octanol–water partition coefficient (Wildman–Crippen LogP) is 4.09. The molecule has 1 aromatic carbocycles. The molecule has 3 aromatic rings. The van der Waals surface area contributed by atoms with Crippen LogP contribution in [0.5, 0.6) is 0 Å². The summed E-state index contributed by atoms with van der Waals surface area (Å²) in [6.07, 6.45) is 0.0420. The van der Waals surface area contributed by atoms with Gasteiger partial charge in [0.15, 0.2) is 5.13 Å². The van der Waals surface area contributed by atoms with E-state index in [0.717, 1.165) is 0 Å². The molecule has 8 heteroatoms. The SMILES string of the molecule is Cc1ccc(NC(=O)Cc2csc(NC(=O)c3ccsc3)n2)cc1F. The van der Waals surface area contributed by atoms with Crippen LogP contribution in [-0.4, -0.2) is 16.8 Å². The first-order valence-electron chi connectivity index (χ1n) is 7.35. The maximum atomic E-state index is 13.5. The number of hydrogen-bond donors (Lipinski definition) is 2. The monoisotopic (exact) mass is 375 g/mol. The van der Waals surface area contributed by atoms with Crippen molar-refractivity contribution >= 4 is 45.3 Å². The van der Waals surface area contributed by atoms with Crippen LogP contribution in [0.3, 0.4) is 0 Å². The summed E-state index contributed by atoms with van der Waals surface area (Å²) in [6, 6.07) is 6.25. The molecule has 2 heterocycles. The van der Waals surface area contributed by atoms with Gasteiger partial charge in [0.25, 0.3) is 5.91 Å². The number of rotatable bonds is 5. The number of halogens is 1. The van der Waals surface area contributed by atoms with Crippen LogP contribution in [0.15, 0.2) is 40.4 Å². The van der Waals surface area contributed by atoms with Crippen LogP contribution in [0.25, 0.3) is 0 Å². The molecule has 2 amide bonds. The van der Waals surface area contributed by atoms with E-state index in [0.29, 0.717) is 27.6 Å². The average molecular weight is 375 g/mol. The molecule has 0 atom stereocenters. The van der Waals surface area contributed by atoms with Gasteiger partial charge in [-0.1, -0.05) is 6.07 Å². The van der Waals surface area contributed by atoms with Crippen molar-refractivity contribution in [1.82, 2.24) is 4.98 Å². The highest BCUT2D eigenvalue weighted by Gasteiger charge is 2.12. The normalized spacial score (nSPS) is 10.5. The first-order chi connectivity index (χ1) is 12.0. The second kappa shape index (κ2) is 7.54. The highest BCUT2D eigenvalue weighted by atomic mass is 32.1. The smallest absolute Gasteiger partial charge is 0.258 e. The van der Waals surface area contributed by atoms with Crippen LogP contribution in [-0.2, 0) is 11.2 Å². The second-order valence-corrected chi connectivity index (χ2v) is 6.94. The Morgan fingerprint density at radius 2 is 2.04 bits per heavy atom. The number of thiazole rings is 1. The summed E-state index contributed by atoms with van der Waals surface area (Å²) < 4.78 is 13.5. The minimum absolute atomic E-state index is 0.0420. The third-order valence-corrected chi connectivity index (χ3v) is 4.84. The van der Waals surface area contributed by atoms with Crippen molar-refractivity contribution in [3.8, 4) is 0 Å². The van der Waals surface area contributed by atoms with Crippen LogP contribution < -0.4 is 10.6 Å². The van der Waals surface area contributed by atoms with Gasteiger partial charge in [-0.2, -0.15) is 11.3 Å². The van der Waals surface area contributed by atoms with Gasteiger partial charge < -0.3 is 5.32 Å². The topological polar surface area (TPSA) is 71.1 Å². The Morgan fingerprint density at radius 1 is 1.20 bits per heavy atom. The summed E-state index contributed by atoms with van der Waals surface area (Å²) in [7, 11) is 0. The lowest BCUT2D eigenvalue weighted by Gasteiger charge is -2.05. The molecule has 2 aromatic heterocycles. The van der Waals surface area contributed by atoms with Crippen molar-refractivity contribution in [2.45, 2.75) is 13.3 Å². The highest BCUT2D eigenvalue weighted by Crippen LogP contribution is 2.19. The molecule has 2 N–H and O–H groups in total. The molecule has 0 aliphatic carbocycles. The van der Waals surface area contributed by atoms with E-state index in [1.165, 1.54) is 28.7 Å². The van der Waals surface area contributed by atoms with Crippen molar-refractivity contribution in [2.75, 3.05) is 10.6 Å². The van der Waals surface area contributed by atoms with Gasteiger partial charge in [0, 0.05) is 16.4 Å². The molecule has 0 fully saturated rings. The van der Waals surface area contributed by atoms with E-state index in [9.17, 15) is 14.0 Å². The number of thiophene rings is 1. The van der Waals surface area contributed by atoms with Crippen LogP contribution in [0.4, 0.5) is 15.2 Å². The summed E-state index contributed by atoms with van der Waals surface area (Å²) >= 11 is 2.69. The third-order valence-electron chi connectivity index (χ3n) is 3.35. The van der Waals surface area contributed by atoms with E-state index in [2.05, 4.69) is 15.6 Å². The Labute approximate surface area is 151 Å². The minimum atomic E-state index is -0.370. The first-order valence-corrected chi connectivity index (χ1v) is 9.17. The van der Waals surface area contributed by atoms with Crippen molar-refractivity contribution in [3.05, 3.63) is 63.0 Å². The molecular formula is C17H14FN3O2S2. The summed E-state index contributed by atoms with van der Waals surface area (Å²) in [5, 5.41) is 11.0. The maximum absolute atomic E-state index is 13.5. The largest absolute Gasteiger partial charge is 0.326 e. The number of aryl methyl sites for hydroxylation is 1. The van der Waals surface area contributed by atoms with E-state index < -0.39 is 0 Å². The summed E-state index contributed by atoms with van der Waals surface area (Å²) in [5.74, 6) is -0.907. The van der Waals surface area contributed by atoms with Crippen molar-refractivity contribution < 1.29 is 14.0 Å². The predicted molar refractivity (Wildman–Crippen MR) is 97.9 cm³/mol. The van der Waals surface area contributed by atoms with Gasteiger partial charge in [-0.25, -0.2) is 9.37 Å². The zero-order chi connectivity index (χ0) is 17.8. The Hall–Kier alpha value is -2.58. The van der Waals surface area contributed by atoms with E-state index in [4.69, 9.17) is 0 Å². The van der Waals surface area contributed by atoms with Gasteiger partial charge in [-0.05, 0) is 36.1 Å². The molecule has 0 saturated carbocycles. The molecule has 3 rings (SSSR count). The number of benzene rings is 1. The molecule has 0 saturated heterocycles. The zero-order valence-electron chi connectivity index (χ0n) is 13.2. The lowest BCUT2D eigenvalue weighted by molar-refractivity contribution is -0.115. The van der Waals surface area contributed by atoms with Crippen molar-refractivity contribution in [1.29, 1.82) is 0 Å². The van der Waals surface area contributed by atoms with Crippen molar-refractivity contribution in [2.24, 2.45) is 0 Å². The van der Waals surface area contributed by atoms with Gasteiger partial charge >= 0.3 is 0 Å². The molecule has 25 heavy (non-hydrogen) atoms. The van der Waals surface area contributed by atoms with Crippen LogP contribution in [0.2, 0.25) is 0 Å². The van der Waals surface area contributed by atoms with Crippen LogP contribution in [0, 0.1) is 12.7 Å². The fourth-order valence-electron chi connectivity index (χ4n) is 2.05. The van der Waals surface area contributed by atoms with E-state index in [1.54, 1.807) is 35.9 Å². The number of aromatic nitrogens is 1. The lowest BCUT2D eigenvalue weighted by atomic mass is 10.2. The fraction of sp³-hybridized carbons (Fsp3) is 0.118. The summed E-state index contributed by atoms with van der Waals surface area (Å²) in [5.41, 5.74) is 2.02. The molecular weight excluding hydrogens is 361 g/mol. The summed E-state index contributed by atoms with van der Waals surface area (Å²) in [6.45, 7) is 1.65. The number of nitrogens with zero attached hydrogens (tertiary/aromatic N) is 1. The number of carbonyl (C=O) groups is 2. The first kappa shape index (κ1) is 17.2. The molecule has 0 aliphatic heterocycles. The number of hydrogen-bond acceptors (Lipinski definition) is 5. The number of amides is 2. The van der Waals surface area contributed by atoms with E-state index in [1.807, 2.05) is 5.38 Å². The molecule has 0 bridgehead atoms. The van der Waals surface area contributed by atoms with Gasteiger partial charge in [0.2, 0.25) is 5.91 Å². The number of nitrogens with one attached hydrogen (secondary N) is 2. The maximum Gasteiger partial charge on any atom is 0.258 e. The van der Waals surface area contributed by atoms with Crippen molar-refractivity contribution in [3.63, 3.8) is 0 Å². The Balaban J connectivity index is 1.58. The Bertz CT molecular complexity index is 907. The van der Waals surface area contributed by atoms with Gasteiger partial charge in [0.05, 0.1) is 17.7 Å². The highest BCUT2D eigenvalue weighted by molar-refractivity contribution is 7.14. The zero-order valence-corrected chi connectivity index (χ0v) is 14.8. The fourth-order valence-corrected chi connectivity index (χ4v) is 3.39. The molecule has 5 nitrogen and oxygen atoms in total.